The summed E-state index contributed by atoms with van der Waals surface area (Å²) in [5, 5.41) is 0. The number of rotatable bonds is 8. The van der Waals surface area contributed by atoms with E-state index in [0.717, 1.165) is 44.6 Å². The minimum absolute atomic E-state index is 0.755. The number of halogens is 1. The molecule has 0 unspecified atom stereocenters. The van der Waals surface area contributed by atoms with Gasteiger partial charge in [0.2, 0.25) is 0 Å². The molecule has 0 aromatic heterocycles. The van der Waals surface area contributed by atoms with Gasteiger partial charge in [-0.1, -0.05) is 0 Å². The molecule has 1 aliphatic carbocycles. The van der Waals surface area contributed by atoms with E-state index in [0.29, 0.717) is 0 Å². The van der Waals surface area contributed by atoms with E-state index in [1.165, 1.54) is 12.8 Å². The van der Waals surface area contributed by atoms with Crippen LogP contribution in [0.2, 0.25) is 0 Å². The Morgan fingerprint density at radius 3 is 2.69 bits per heavy atom. The number of ether oxygens (including phenoxy) is 1. The molecule has 0 aliphatic heterocycles. The third-order valence-electron chi connectivity index (χ3n) is 2.37. The lowest BCUT2D eigenvalue weighted by Gasteiger charge is -2.20. The third kappa shape index (κ3) is 4.84. The van der Waals surface area contributed by atoms with Crippen LogP contribution in [-0.2, 0) is 4.74 Å². The van der Waals surface area contributed by atoms with Crippen LogP contribution in [0.1, 0.15) is 26.2 Å². The van der Waals surface area contributed by atoms with E-state index in [-0.39, 0.29) is 0 Å². The quantitative estimate of drug-likeness (QED) is 0.445. The molecule has 1 rings (SSSR count). The zero-order valence-corrected chi connectivity index (χ0v) is 9.22. The minimum atomic E-state index is 0.755. The second kappa shape index (κ2) is 6.63. The molecule has 2 nitrogen and oxygen atoms in total. The number of hydrogen-bond acceptors (Lipinski definition) is 2. The molecule has 0 N–H and O–H groups in total. The summed E-state index contributed by atoms with van der Waals surface area (Å²) in [6.07, 6.45) is 3.87. The predicted octanol–water partition coefficient (Wildman–Crippen LogP) is 2.12. The van der Waals surface area contributed by atoms with Crippen molar-refractivity contribution < 1.29 is 4.74 Å². The topological polar surface area (TPSA) is 12.5 Å². The summed E-state index contributed by atoms with van der Waals surface area (Å²) in [5.74, 6) is 0.755. The Bertz CT molecular complexity index is 128. The van der Waals surface area contributed by atoms with E-state index in [9.17, 15) is 0 Å². The van der Waals surface area contributed by atoms with Crippen molar-refractivity contribution in [1.29, 1.82) is 0 Å². The first-order valence-corrected chi connectivity index (χ1v) is 5.79. The molecule has 78 valence electrons. The molecule has 0 aromatic carbocycles. The van der Waals surface area contributed by atoms with Crippen molar-refractivity contribution in [3.8, 4) is 0 Å². The van der Waals surface area contributed by atoms with Crippen molar-refractivity contribution in [1.82, 2.24) is 4.90 Å². The second-order valence-electron chi connectivity index (χ2n) is 3.51. The molecule has 0 radical (unpaired) electrons. The first-order valence-electron chi connectivity index (χ1n) is 5.26. The maximum absolute atomic E-state index is 5.74. The zero-order valence-electron chi connectivity index (χ0n) is 8.47. The molecule has 0 atom stereocenters. The van der Waals surface area contributed by atoms with E-state index < -0.39 is 0 Å². The number of hydrogen-bond donors (Lipinski definition) is 0. The van der Waals surface area contributed by atoms with Gasteiger partial charge >= 0.3 is 0 Å². The highest BCUT2D eigenvalue weighted by molar-refractivity contribution is 6.18. The Kier molecular flexibility index (Phi) is 5.76. The molecule has 0 bridgehead atoms. The van der Waals surface area contributed by atoms with Gasteiger partial charge in [0.05, 0.1) is 0 Å². The first kappa shape index (κ1) is 11.3. The van der Waals surface area contributed by atoms with Gasteiger partial charge in [-0.15, -0.1) is 11.6 Å². The van der Waals surface area contributed by atoms with E-state index >= 15 is 0 Å². The molecular weight excluding hydrogens is 186 g/mol. The Labute approximate surface area is 86.2 Å². The molecule has 0 spiro atoms. The van der Waals surface area contributed by atoms with Crippen molar-refractivity contribution in [2.45, 2.75) is 32.2 Å². The molecule has 0 saturated heterocycles. The lowest BCUT2D eigenvalue weighted by molar-refractivity contribution is 0.131. The summed E-state index contributed by atoms with van der Waals surface area (Å²) in [6.45, 7) is 5.95. The Hall–Kier alpha value is 0.210. The van der Waals surface area contributed by atoms with Gasteiger partial charge in [-0.05, 0) is 26.2 Å². The molecule has 0 aromatic rings. The van der Waals surface area contributed by atoms with Crippen molar-refractivity contribution in [2.75, 3.05) is 32.2 Å². The molecule has 1 aliphatic rings. The Morgan fingerprint density at radius 1 is 1.38 bits per heavy atom. The summed E-state index contributed by atoms with van der Waals surface area (Å²) >= 11 is 5.74. The summed E-state index contributed by atoms with van der Waals surface area (Å²) in [7, 11) is 0. The lowest BCUT2D eigenvalue weighted by atomic mass is 10.4. The normalized spacial score (nSPS) is 16.8. The maximum Gasteiger partial charge on any atom is 0.0478 e. The van der Waals surface area contributed by atoms with Crippen LogP contribution in [0.25, 0.3) is 0 Å². The van der Waals surface area contributed by atoms with Crippen molar-refractivity contribution in [3.05, 3.63) is 0 Å². The van der Waals surface area contributed by atoms with Crippen LogP contribution in [0.5, 0.6) is 0 Å². The Morgan fingerprint density at radius 2 is 2.15 bits per heavy atom. The number of alkyl halides is 1. The summed E-state index contributed by atoms with van der Waals surface area (Å²) in [5.41, 5.74) is 0. The van der Waals surface area contributed by atoms with Gasteiger partial charge in [0.1, 0.15) is 0 Å². The van der Waals surface area contributed by atoms with Crippen LogP contribution in [0.4, 0.5) is 0 Å². The van der Waals surface area contributed by atoms with Gasteiger partial charge in [-0.2, -0.15) is 0 Å². The van der Waals surface area contributed by atoms with Gasteiger partial charge < -0.3 is 4.74 Å². The minimum Gasteiger partial charge on any atom is -0.382 e. The van der Waals surface area contributed by atoms with E-state index in [2.05, 4.69) is 4.90 Å². The van der Waals surface area contributed by atoms with Crippen molar-refractivity contribution in [3.63, 3.8) is 0 Å². The Balaban J connectivity index is 2.00. The average Bonchev–Trinajstić information content (AvgIpc) is 2.93. The van der Waals surface area contributed by atoms with E-state index in [1.54, 1.807) is 0 Å². The van der Waals surface area contributed by atoms with Crippen LogP contribution in [-0.4, -0.2) is 43.1 Å². The fourth-order valence-electron chi connectivity index (χ4n) is 1.54. The highest BCUT2D eigenvalue weighted by Crippen LogP contribution is 2.26. The van der Waals surface area contributed by atoms with Gasteiger partial charge in [-0.3, -0.25) is 4.90 Å². The molecular formula is C10H20ClNO. The van der Waals surface area contributed by atoms with Gasteiger partial charge in [-0.25, -0.2) is 0 Å². The fraction of sp³-hybridized carbons (Fsp3) is 1.00. The molecule has 13 heavy (non-hydrogen) atoms. The molecule has 0 amide bonds. The van der Waals surface area contributed by atoms with Crippen LogP contribution in [0.3, 0.4) is 0 Å². The van der Waals surface area contributed by atoms with Crippen LogP contribution >= 0.6 is 11.6 Å². The van der Waals surface area contributed by atoms with E-state index in [4.69, 9.17) is 16.3 Å². The zero-order chi connectivity index (χ0) is 9.52. The molecule has 0 heterocycles. The molecule has 1 fully saturated rings. The van der Waals surface area contributed by atoms with Crippen LogP contribution < -0.4 is 0 Å². The maximum atomic E-state index is 5.74. The molecule has 1 saturated carbocycles. The largest absolute Gasteiger partial charge is 0.382 e. The SMILES string of the molecule is CCOCCCN(CCCl)C1CC1. The van der Waals surface area contributed by atoms with Gasteiger partial charge in [0, 0.05) is 38.2 Å². The van der Waals surface area contributed by atoms with Gasteiger partial charge in [0.25, 0.3) is 0 Å². The number of nitrogens with zero attached hydrogens (tertiary/aromatic N) is 1. The smallest absolute Gasteiger partial charge is 0.0478 e. The fourth-order valence-corrected chi connectivity index (χ4v) is 1.76. The van der Waals surface area contributed by atoms with Gasteiger partial charge in [0.15, 0.2) is 0 Å². The summed E-state index contributed by atoms with van der Waals surface area (Å²) in [6, 6.07) is 0.834. The summed E-state index contributed by atoms with van der Waals surface area (Å²) < 4.78 is 5.30. The second-order valence-corrected chi connectivity index (χ2v) is 3.88. The predicted molar refractivity (Wildman–Crippen MR) is 56.4 cm³/mol. The van der Waals surface area contributed by atoms with E-state index in [1.807, 2.05) is 6.92 Å². The lowest BCUT2D eigenvalue weighted by Crippen LogP contribution is -2.29. The van der Waals surface area contributed by atoms with Crippen LogP contribution in [0, 0.1) is 0 Å². The highest BCUT2D eigenvalue weighted by atomic mass is 35.5. The van der Waals surface area contributed by atoms with Crippen molar-refractivity contribution in [2.24, 2.45) is 0 Å². The monoisotopic (exact) mass is 205 g/mol. The third-order valence-corrected chi connectivity index (χ3v) is 2.54. The average molecular weight is 206 g/mol. The van der Waals surface area contributed by atoms with Crippen molar-refractivity contribution >= 4 is 11.6 Å². The highest BCUT2D eigenvalue weighted by Gasteiger charge is 2.27. The van der Waals surface area contributed by atoms with Crippen LogP contribution in [0.15, 0.2) is 0 Å². The standard InChI is InChI=1S/C10H20ClNO/c1-2-13-9-3-7-12(8-6-11)10-4-5-10/h10H,2-9H2,1H3. The molecule has 3 heteroatoms. The first-order chi connectivity index (χ1) is 6.38. The summed E-state index contributed by atoms with van der Waals surface area (Å²) in [4.78, 5) is 2.49.